The highest BCUT2D eigenvalue weighted by Gasteiger charge is 2.25. The van der Waals surface area contributed by atoms with Crippen LogP contribution in [-0.4, -0.2) is 71.7 Å². The van der Waals surface area contributed by atoms with Crippen LogP contribution < -0.4 is 4.90 Å². The number of fused-ring (bicyclic) bond motifs is 1. The first-order valence-corrected chi connectivity index (χ1v) is 10.9. The molecule has 5 rings (SSSR count). The topological polar surface area (TPSA) is 52.6 Å². The van der Waals surface area contributed by atoms with E-state index in [0.29, 0.717) is 6.54 Å². The molecule has 2 aliphatic rings. The van der Waals surface area contributed by atoms with Gasteiger partial charge < -0.3 is 9.80 Å². The van der Waals surface area contributed by atoms with Crippen LogP contribution in [0.15, 0.2) is 54.6 Å². The van der Waals surface area contributed by atoms with E-state index in [9.17, 15) is 4.79 Å². The average molecular weight is 402 g/mol. The van der Waals surface area contributed by atoms with Crippen molar-refractivity contribution < 1.29 is 4.79 Å². The highest BCUT2D eigenvalue weighted by Crippen LogP contribution is 2.31. The first-order valence-electron chi connectivity index (χ1n) is 10.9. The van der Waals surface area contributed by atoms with Crippen molar-refractivity contribution in [3.8, 4) is 11.3 Å². The third-order valence-corrected chi connectivity index (χ3v) is 6.20. The van der Waals surface area contributed by atoms with E-state index in [1.54, 1.807) is 0 Å². The van der Waals surface area contributed by atoms with Crippen molar-refractivity contribution in [3.05, 3.63) is 54.6 Å². The Kier molecular flexibility index (Phi) is 5.32. The van der Waals surface area contributed by atoms with Gasteiger partial charge in [0.25, 0.3) is 0 Å². The van der Waals surface area contributed by atoms with E-state index in [1.165, 1.54) is 12.8 Å². The van der Waals surface area contributed by atoms with Crippen LogP contribution in [0.3, 0.4) is 0 Å². The fourth-order valence-corrected chi connectivity index (χ4v) is 4.53. The molecule has 2 fully saturated rings. The van der Waals surface area contributed by atoms with Crippen LogP contribution >= 0.6 is 0 Å². The molecule has 0 saturated carbocycles. The number of rotatable bonds is 4. The molecule has 1 aromatic heterocycles. The number of aromatic nitrogens is 2. The van der Waals surface area contributed by atoms with Crippen molar-refractivity contribution in [2.45, 2.75) is 12.8 Å². The summed E-state index contributed by atoms with van der Waals surface area (Å²) in [6.07, 6.45) is 2.43. The lowest BCUT2D eigenvalue weighted by atomic mass is 10.0. The number of carbonyl (C=O) groups is 1. The quantitative estimate of drug-likeness (QED) is 0.673. The summed E-state index contributed by atoms with van der Waals surface area (Å²) in [6, 6.07) is 18.5. The third kappa shape index (κ3) is 3.75. The zero-order valence-electron chi connectivity index (χ0n) is 17.2. The second-order valence-corrected chi connectivity index (χ2v) is 8.13. The van der Waals surface area contributed by atoms with Crippen molar-refractivity contribution in [2.75, 3.05) is 50.7 Å². The van der Waals surface area contributed by atoms with Crippen molar-refractivity contribution >= 4 is 22.5 Å². The van der Waals surface area contributed by atoms with Crippen molar-refractivity contribution in [1.29, 1.82) is 0 Å². The Bertz CT molecular complexity index is 1020. The molecule has 6 nitrogen and oxygen atoms in total. The molecular formula is C24H27N5O. The van der Waals surface area contributed by atoms with Crippen molar-refractivity contribution in [2.24, 2.45) is 0 Å². The van der Waals surface area contributed by atoms with Crippen LogP contribution in [0.1, 0.15) is 12.8 Å². The molecule has 2 aliphatic heterocycles. The van der Waals surface area contributed by atoms with E-state index in [1.807, 2.05) is 23.1 Å². The van der Waals surface area contributed by atoms with Gasteiger partial charge >= 0.3 is 0 Å². The number of carbonyl (C=O) groups excluding carboxylic acids is 1. The zero-order chi connectivity index (χ0) is 20.3. The van der Waals surface area contributed by atoms with Gasteiger partial charge in [0.15, 0.2) is 5.82 Å². The minimum absolute atomic E-state index is 0.256. The summed E-state index contributed by atoms with van der Waals surface area (Å²) < 4.78 is 0. The molecule has 0 aliphatic carbocycles. The first kappa shape index (κ1) is 19.0. The van der Waals surface area contributed by atoms with Gasteiger partial charge in [-0.2, -0.15) is 0 Å². The summed E-state index contributed by atoms with van der Waals surface area (Å²) in [7, 11) is 0. The van der Waals surface area contributed by atoms with Gasteiger partial charge in [-0.05, 0) is 25.9 Å². The SMILES string of the molecule is O=C(CN1CCCC1)N1CCN(c2nnc(-c3ccccc3)c3ccccc23)CC1. The summed E-state index contributed by atoms with van der Waals surface area (Å²) in [5, 5.41) is 11.4. The second kappa shape index (κ2) is 8.40. The summed E-state index contributed by atoms with van der Waals surface area (Å²) >= 11 is 0. The minimum Gasteiger partial charge on any atom is -0.351 e. The Labute approximate surface area is 177 Å². The predicted octanol–water partition coefficient (Wildman–Crippen LogP) is 3.04. The second-order valence-electron chi connectivity index (χ2n) is 8.13. The standard InChI is InChI=1S/C24H27N5O/c30-22(18-27-12-6-7-13-27)28-14-16-29(17-15-28)24-21-11-5-4-10-20(21)23(25-26-24)19-8-2-1-3-9-19/h1-5,8-11H,6-7,12-18H2. The predicted molar refractivity (Wildman–Crippen MR) is 119 cm³/mol. The Morgan fingerprint density at radius 1 is 0.767 bits per heavy atom. The molecule has 30 heavy (non-hydrogen) atoms. The number of amides is 1. The average Bonchev–Trinajstić information content (AvgIpc) is 3.32. The molecule has 0 atom stereocenters. The van der Waals surface area contributed by atoms with Gasteiger partial charge in [0, 0.05) is 42.5 Å². The molecule has 0 bridgehead atoms. The molecule has 1 amide bonds. The maximum absolute atomic E-state index is 12.6. The van der Waals surface area contributed by atoms with Crippen LogP contribution in [0.5, 0.6) is 0 Å². The number of hydrogen-bond donors (Lipinski definition) is 0. The molecule has 3 heterocycles. The molecule has 2 saturated heterocycles. The van der Waals surface area contributed by atoms with E-state index >= 15 is 0 Å². The van der Waals surface area contributed by atoms with Gasteiger partial charge in [-0.15, -0.1) is 10.2 Å². The largest absolute Gasteiger partial charge is 0.351 e. The molecule has 3 aromatic rings. The first-order chi connectivity index (χ1) is 14.8. The molecule has 6 heteroatoms. The normalized spacial score (nSPS) is 17.6. The molecule has 0 N–H and O–H groups in total. The molecule has 0 spiro atoms. The third-order valence-electron chi connectivity index (χ3n) is 6.20. The van der Waals surface area contributed by atoms with Crippen LogP contribution in [0, 0.1) is 0 Å². The van der Waals surface area contributed by atoms with Crippen LogP contribution in [-0.2, 0) is 4.79 Å². The summed E-state index contributed by atoms with van der Waals surface area (Å²) in [5.74, 6) is 1.17. The monoisotopic (exact) mass is 401 g/mol. The number of nitrogens with zero attached hydrogens (tertiary/aromatic N) is 5. The molecule has 154 valence electrons. The van der Waals surface area contributed by atoms with E-state index in [0.717, 1.165) is 67.1 Å². The Morgan fingerprint density at radius 2 is 1.43 bits per heavy atom. The zero-order valence-corrected chi connectivity index (χ0v) is 17.2. The van der Waals surface area contributed by atoms with Crippen LogP contribution in [0.25, 0.3) is 22.0 Å². The molecular weight excluding hydrogens is 374 g/mol. The fraction of sp³-hybridized carbons (Fsp3) is 0.375. The smallest absolute Gasteiger partial charge is 0.236 e. The lowest BCUT2D eigenvalue weighted by molar-refractivity contribution is -0.132. The maximum atomic E-state index is 12.6. The Hall–Kier alpha value is -2.99. The Balaban J connectivity index is 1.34. The van der Waals surface area contributed by atoms with E-state index < -0.39 is 0 Å². The van der Waals surface area contributed by atoms with Crippen molar-refractivity contribution in [1.82, 2.24) is 20.0 Å². The van der Waals surface area contributed by atoms with Crippen LogP contribution in [0.2, 0.25) is 0 Å². The number of benzene rings is 2. The van der Waals surface area contributed by atoms with E-state index in [4.69, 9.17) is 0 Å². The molecule has 0 unspecified atom stereocenters. The van der Waals surface area contributed by atoms with E-state index in [-0.39, 0.29) is 5.91 Å². The number of hydrogen-bond acceptors (Lipinski definition) is 5. The number of anilines is 1. The lowest BCUT2D eigenvalue weighted by Gasteiger charge is -2.36. The van der Waals surface area contributed by atoms with Gasteiger partial charge in [-0.25, -0.2) is 0 Å². The van der Waals surface area contributed by atoms with E-state index in [2.05, 4.69) is 56.4 Å². The molecule has 0 radical (unpaired) electrons. The fourth-order valence-electron chi connectivity index (χ4n) is 4.53. The molecule has 2 aromatic carbocycles. The Morgan fingerprint density at radius 3 is 2.17 bits per heavy atom. The maximum Gasteiger partial charge on any atom is 0.236 e. The number of piperazine rings is 1. The highest BCUT2D eigenvalue weighted by atomic mass is 16.2. The minimum atomic E-state index is 0.256. The van der Waals surface area contributed by atoms with Gasteiger partial charge in [-0.1, -0.05) is 54.6 Å². The summed E-state index contributed by atoms with van der Waals surface area (Å²) in [4.78, 5) is 19.2. The van der Waals surface area contributed by atoms with Gasteiger partial charge in [0.1, 0.15) is 5.69 Å². The van der Waals surface area contributed by atoms with Gasteiger partial charge in [0.2, 0.25) is 5.91 Å². The lowest BCUT2D eigenvalue weighted by Crippen LogP contribution is -2.51. The van der Waals surface area contributed by atoms with Gasteiger partial charge in [-0.3, -0.25) is 9.69 Å². The number of likely N-dealkylation sites (tertiary alicyclic amines) is 1. The summed E-state index contributed by atoms with van der Waals surface area (Å²) in [5.41, 5.74) is 1.99. The van der Waals surface area contributed by atoms with Crippen LogP contribution in [0.4, 0.5) is 5.82 Å². The highest BCUT2D eigenvalue weighted by molar-refractivity contribution is 6.00. The van der Waals surface area contributed by atoms with Gasteiger partial charge in [0.05, 0.1) is 6.54 Å². The summed E-state index contributed by atoms with van der Waals surface area (Å²) in [6.45, 7) is 5.73. The van der Waals surface area contributed by atoms with Crippen molar-refractivity contribution in [3.63, 3.8) is 0 Å².